The summed E-state index contributed by atoms with van der Waals surface area (Å²) in [5.41, 5.74) is 0. The molecular formula is C15H22N6O. The number of hydrogen-bond donors (Lipinski definition) is 0. The zero-order chi connectivity index (χ0) is 15.7. The minimum absolute atomic E-state index is 0.162. The minimum atomic E-state index is 0.162. The molecule has 0 aromatic carbocycles. The topological polar surface area (TPSA) is 68.8 Å². The molecule has 2 aromatic rings. The molecule has 0 saturated carbocycles. The molecule has 22 heavy (non-hydrogen) atoms. The largest absolute Gasteiger partial charge is 0.334 e. The zero-order valence-corrected chi connectivity index (χ0v) is 13.4. The molecule has 3 rings (SSSR count). The van der Waals surface area contributed by atoms with Crippen molar-refractivity contribution in [3.63, 3.8) is 0 Å². The van der Waals surface area contributed by atoms with Crippen LogP contribution in [0.3, 0.4) is 0 Å². The molecule has 7 nitrogen and oxygen atoms in total. The van der Waals surface area contributed by atoms with Gasteiger partial charge in [-0.15, -0.1) is 10.2 Å². The van der Waals surface area contributed by atoms with Crippen molar-refractivity contribution >= 4 is 5.91 Å². The van der Waals surface area contributed by atoms with Crippen LogP contribution in [0, 0.1) is 6.92 Å². The third-order valence-corrected chi connectivity index (χ3v) is 4.23. The molecule has 0 unspecified atom stereocenters. The fraction of sp³-hybridized carbons (Fsp3) is 0.600. The van der Waals surface area contributed by atoms with Crippen molar-refractivity contribution in [3.05, 3.63) is 29.9 Å². The Labute approximate surface area is 130 Å². The maximum absolute atomic E-state index is 12.5. The van der Waals surface area contributed by atoms with Crippen molar-refractivity contribution in [2.45, 2.75) is 52.7 Å². The Bertz CT molecular complexity index is 673. The number of rotatable bonds is 4. The van der Waals surface area contributed by atoms with Crippen molar-refractivity contribution in [3.8, 4) is 0 Å². The lowest BCUT2D eigenvalue weighted by Crippen LogP contribution is -2.40. The molecule has 1 aliphatic rings. The van der Waals surface area contributed by atoms with Crippen molar-refractivity contribution in [2.75, 3.05) is 6.54 Å². The molecule has 1 aliphatic heterocycles. The smallest absolute Gasteiger partial charge is 0.224 e. The van der Waals surface area contributed by atoms with Gasteiger partial charge in [-0.05, 0) is 13.8 Å². The van der Waals surface area contributed by atoms with Gasteiger partial charge in [-0.1, -0.05) is 6.92 Å². The Morgan fingerprint density at radius 2 is 2.23 bits per heavy atom. The van der Waals surface area contributed by atoms with Gasteiger partial charge in [0, 0.05) is 38.3 Å². The van der Waals surface area contributed by atoms with Gasteiger partial charge in [-0.3, -0.25) is 4.79 Å². The van der Waals surface area contributed by atoms with Crippen LogP contribution in [-0.2, 0) is 24.3 Å². The quantitative estimate of drug-likeness (QED) is 0.854. The van der Waals surface area contributed by atoms with E-state index < -0.39 is 0 Å². The number of amides is 1. The van der Waals surface area contributed by atoms with Crippen molar-refractivity contribution < 1.29 is 4.79 Å². The highest BCUT2D eigenvalue weighted by molar-refractivity contribution is 5.76. The van der Waals surface area contributed by atoms with Gasteiger partial charge >= 0.3 is 0 Å². The lowest BCUT2D eigenvalue weighted by atomic mass is 10.2. The molecule has 7 heteroatoms. The molecule has 3 heterocycles. The number of aromatic nitrogens is 5. The van der Waals surface area contributed by atoms with Gasteiger partial charge in [-0.25, -0.2) is 4.98 Å². The minimum Gasteiger partial charge on any atom is -0.334 e. The number of fused-ring (bicyclic) bond motifs is 1. The summed E-state index contributed by atoms with van der Waals surface area (Å²) in [6.45, 7) is 8.07. The van der Waals surface area contributed by atoms with Crippen LogP contribution in [0.15, 0.2) is 12.4 Å². The second kappa shape index (κ2) is 5.90. The van der Waals surface area contributed by atoms with Crippen LogP contribution in [-0.4, -0.2) is 41.7 Å². The van der Waals surface area contributed by atoms with Gasteiger partial charge < -0.3 is 14.0 Å². The maximum Gasteiger partial charge on any atom is 0.224 e. The van der Waals surface area contributed by atoms with Crippen LogP contribution in [0.5, 0.6) is 0 Å². The van der Waals surface area contributed by atoms with Gasteiger partial charge in [0.05, 0.1) is 12.6 Å². The van der Waals surface area contributed by atoms with Crippen molar-refractivity contribution in [1.29, 1.82) is 0 Å². The Kier molecular flexibility index (Phi) is 3.96. The first kappa shape index (κ1) is 14.7. The van der Waals surface area contributed by atoms with Gasteiger partial charge in [0.25, 0.3) is 0 Å². The fourth-order valence-corrected chi connectivity index (χ4v) is 3.15. The summed E-state index contributed by atoms with van der Waals surface area (Å²) >= 11 is 0. The zero-order valence-electron chi connectivity index (χ0n) is 13.4. The second-order valence-corrected chi connectivity index (χ2v) is 5.80. The van der Waals surface area contributed by atoms with E-state index in [1.807, 2.05) is 18.0 Å². The van der Waals surface area contributed by atoms with Crippen LogP contribution < -0.4 is 0 Å². The average molecular weight is 302 g/mol. The van der Waals surface area contributed by atoms with Crippen molar-refractivity contribution in [1.82, 2.24) is 29.2 Å². The molecule has 0 aliphatic carbocycles. The predicted molar refractivity (Wildman–Crippen MR) is 81.1 cm³/mol. The summed E-state index contributed by atoms with van der Waals surface area (Å²) in [6.07, 6.45) is 5.09. The van der Waals surface area contributed by atoms with Gasteiger partial charge in [-0.2, -0.15) is 0 Å². The number of aryl methyl sites for hydroxylation is 3. The molecule has 0 fully saturated rings. The van der Waals surface area contributed by atoms with Gasteiger partial charge in [0.15, 0.2) is 5.82 Å². The van der Waals surface area contributed by atoms with Crippen LogP contribution in [0.25, 0.3) is 0 Å². The van der Waals surface area contributed by atoms with E-state index in [0.717, 1.165) is 30.4 Å². The van der Waals surface area contributed by atoms with Crippen LogP contribution >= 0.6 is 0 Å². The van der Waals surface area contributed by atoms with E-state index in [2.05, 4.69) is 38.2 Å². The summed E-state index contributed by atoms with van der Waals surface area (Å²) in [5.74, 6) is 2.98. The molecule has 118 valence electrons. The lowest BCUT2D eigenvalue weighted by molar-refractivity contribution is -0.133. The summed E-state index contributed by atoms with van der Waals surface area (Å²) in [6, 6.07) is 0.224. The third-order valence-electron chi connectivity index (χ3n) is 4.23. The Morgan fingerprint density at radius 3 is 3.00 bits per heavy atom. The number of imidazole rings is 1. The third kappa shape index (κ3) is 2.63. The molecular weight excluding hydrogens is 280 g/mol. The first-order valence-corrected chi connectivity index (χ1v) is 7.78. The van der Waals surface area contributed by atoms with E-state index in [1.54, 1.807) is 6.20 Å². The Balaban J connectivity index is 1.64. The highest BCUT2D eigenvalue weighted by atomic mass is 16.2. The average Bonchev–Trinajstić information content (AvgIpc) is 3.11. The highest BCUT2D eigenvalue weighted by Gasteiger charge is 2.27. The number of hydrogen-bond acceptors (Lipinski definition) is 4. The Morgan fingerprint density at radius 1 is 1.41 bits per heavy atom. The van der Waals surface area contributed by atoms with E-state index in [-0.39, 0.29) is 11.9 Å². The predicted octanol–water partition coefficient (Wildman–Crippen LogP) is 1.34. The van der Waals surface area contributed by atoms with Gasteiger partial charge in [0.1, 0.15) is 11.6 Å². The normalized spacial score (nSPS) is 17.6. The molecule has 0 saturated heterocycles. The molecule has 0 N–H and O–H groups in total. The summed E-state index contributed by atoms with van der Waals surface area (Å²) < 4.78 is 4.17. The van der Waals surface area contributed by atoms with E-state index in [4.69, 9.17) is 0 Å². The van der Waals surface area contributed by atoms with Crippen LogP contribution in [0.2, 0.25) is 0 Å². The highest BCUT2D eigenvalue weighted by Crippen LogP contribution is 2.21. The first-order chi connectivity index (χ1) is 10.6. The molecule has 0 spiro atoms. The van der Waals surface area contributed by atoms with Gasteiger partial charge in [0.2, 0.25) is 5.91 Å². The van der Waals surface area contributed by atoms with E-state index in [9.17, 15) is 4.79 Å². The number of carbonyl (C=O) groups excluding carboxylic acids is 1. The second-order valence-electron chi connectivity index (χ2n) is 5.80. The van der Waals surface area contributed by atoms with Crippen LogP contribution in [0.4, 0.5) is 0 Å². The maximum atomic E-state index is 12.5. The lowest BCUT2D eigenvalue weighted by Gasteiger charge is -2.32. The molecule has 2 aromatic heterocycles. The standard InChI is InChI=1S/C15H22N6O/c1-4-13-16-6-8-19(13)7-5-15(22)20-9-11(2)21-12(3)17-18-14(21)10-20/h6,8,11H,4-5,7,9-10H2,1-3H3/t11-/m0/s1. The van der Waals surface area contributed by atoms with Crippen molar-refractivity contribution in [2.24, 2.45) is 0 Å². The van der Waals surface area contributed by atoms with E-state index in [0.29, 0.717) is 19.5 Å². The Hall–Kier alpha value is -2.18. The van der Waals surface area contributed by atoms with Crippen LogP contribution in [0.1, 0.15) is 43.8 Å². The first-order valence-electron chi connectivity index (χ1n) is 7.78. The molecule has 0 bridgehead atoms. The number of nitrogens with zero attached hydrogens (tertiary/aromatic N) is 6. The SMILES string of the molecule is CCc1nccn1CCC(=O)N1Cc2nnc(C)n2[C@@H](C)C1. The fourth-order valence-electron chi connectivity index (χ4n) is 3.15. The molecule has 1 atom stereocenters. The monoisotopic (exact) mass is 302 g/mol. The molecule has 1 amide bonds. The summed E-state index contributed by atoms with van der Waals surface area (Å²) in [5, 5.41) is 8.29. The number of carbonyl (C=O) groups is 1. The summed E-state index contributed by atoms with van der Waals surface area (Å²) in [7, 11) is 0. The summed E-state index contributed by atoms with van der Waals surface area (Å²) in [4.78, 5) is 18.7. The molecule has 0 radical (unpaired) electrons. The van der Waals surface area contributed by atoms with E-state index in [1.165, 1.54) is 0 Å². The van der Waals surface area contributed by atoms with E-state index >= 15 is 0 Å².